The molecule has 140 valence electrons. The van der Waals surface area contributed by atoms with Gasteiger partial charge in [0.15, 0.2) is 0 Å². The average Bonchev–Trinajstić information content (AvgIpc) is 3.18. The van der Waals surface area contributed by atoms with Gasteiger partial charge in [0.2, 0.25) is 0 Å². The summed E-state index contributed by atoms with van der Waals surface area (Å²) in [5.74, 6) is 0. The van der Waals surface area contributed by atoms with Gasteiger partial charge in [0.05, 0.1) is 11.7 Å². The van der Waals surface area contributed by atoms with Crippen molar-refractivity contribution >= 4 is 16.6 Å². The van der Waals surface area contributed by atoms with E-state index >= 15 is 0 Å². The van der Waals surface area contributed by atoms with Crippen LogP contribution in [-0.4, -0.2) is 22.3 Å². The molecule has 27 heavy (non-hydrogen) atoms. The lowest BCUT2D eigenvalue weighted by atomic mass is 9.85. The second-order valence-electron chi connectivity index (χ2n) is 8.18. The first-order valence-electron chi connectivity index (χ1n) is 10.4. The number of hydrogen-bond donors (Lipinski definition) is 3. The van der Waals surface area contributed by atoms with Crippen molar-refractivity contribution in [1.82, 2.24) is 15.5 Å². The Balaban J connectivity index is 1.17. The van der Waals surface area contributed by atoms with E-state index in [2.05, 4.69) is 63.3 Å². The van der Waals surface area contributed by atoms with Gasteiger partial charge in [-0.3, -0.25) is 5.10 Å². The third kappa shape index (κ3) is 3.59. The van der Waals surface area contributed by atoms with Crippen molar-refractivity contribution < 1.29 is 0 Å². The maximum atomic E-state index is 4.11. The highest BCUT2D eigenvalue weighted by atomic mass is 15.1. The lowest BCUT2D eigenvalue weighted by molar-refractivity contribution is 0.309. The van der Waals surface area contributed by atoms with E-state index in [1.165, 1.54) is 61.6 Å². The van der Waals surface area contributed by atoms with E-state index in [1.807, 2.05) is 6.20 Å². The van der Waals surface area contributed by atoms with Gasteiger partial charge in [0.1, 0.15) is 0 Å². The summed E-state index contributed by atoms with van der Waals surface area (Å²) >= 11 is 0. The molecule has 0 bridgehead atoms. The average molecular weight is 361 g/mol. The molecule has 0 amide bonds. The summed E-state index contributed by atoms with van der Waals surface area (Å²) in [5, 5.41) is 16.0. The molecule has 1 unspecified atom stereocenters. The van der Waals surface area contributed by atoms with Crippen LogP contribution < -0.4 is 10.6 Å². The molecular weight excluding hydrogens is 332 g/mol. The third-order valence-corrected chi connectivity index (χ3v) is 6.34. The smallest absolute Gasteiger partial charge is 0.0651 e. The molecule has 1 heterocycles. The summed E-state index contributed by atoms with van der Waals surface area (Å²) in [6.45, 7) is 0. The van der Waals surface area contributed by atoms with Gasteiger partial charge in [0.25, 0.3) is 0 Å². The largest absolute Gasteiger partial charge is 0.382 e. The zero-order valence-electron chi connectivity index (χ0n) is 15.7. The lowest BCUT2D eigenvalue weighted by Gasteiger charge is -2.35. The monoisotopic (exact) mass is 360 g/mol. The second kappa shape index (κ2) is 7.35. The number of nitrogens with zero attached hydrogens (tertiary/aromatic N) is 1. The van der Waals surface area contributed by atoms with E-state index in [0.29, 0.717) is 18.1 Å². The van der Waals surface area contributed by atoms with Gasteiger partial charge < -0.3 is 10.6 Å². The van der Waals surface area contributed by atoms with E-state index in [4.69, 9.17) is 0 Å². The summed E-state index contributed by atoms with van der Waals surface area (Å²) in [6.07, 6.45) is 10.7. The molecule has 0 spiro atoms. The predicted molar refractivity (Wildman–Crippen MR) is 111 cm³/mol. The number of aryl methyl sites for hydroxylation is 1. The molecule has 2 aliphatic carbocycles. The quantitative estimate of drug-likeness (QED) is 0.617. The Morgan fingerprint density at radius 3 is 2.70 bits per heavy atom. The molecule has 1 atom stereocenters. The zero-order valence-corrected chi connectivity index (χ0v) is 15.7. The van der Waals surface area contributed by atoms with E-state index in [9.17, 15) is 0 Å². The maximum Gasteiger partial charge on any atom is 0.0651 e. The molecule has 3 aromatic rings. The van der Waals surface area contributed by atoms with E-state index in [-0.39, 0.29) is 0 Å². The molecule has 1 aromatic heterocycles. The standard InChI is InChI=1S/C23H28N4/c1-2-6-21-16(4-1)5-3-7-23(21)26-19-10-8-18(9-11-19)25-20-12-13-22-17(14-20)15-24-27-22/h1-2,4,6,12-15,18-19,23,25-26H,3,5,7-11H2,(H,24,27). The van der Waals surface area contributed by atoms with Crippen LogP contribution in [0.3, 0.4) is 0 Å². The van der Waals surface area contributed by atoms with Crippen LogP contribution in [0.4, 0.5) is 5.69 Å². The van der Waals surface area contributed by atoms with Crippen LogP contribution in [0.2, 0.25) is 0 Å². The number of anilines is 1. The number of H-pyrrole nitrogens is 1. The fourth-order valence-electron chi connectivity index (χ4n) is 4.88. The fraction of sp³-hybridized carbons (Fsp3) is 0.435. The minimum atomic E-state index is 0.549. The number of fused-ring (bicyclic) bond motifs is 2. The molecule has 5 rings (SSSR count). The summed E-state index contributed by atoms with van der Waals surface area (Å²) in [4.78, 5) is 0. The van der Waals surface area contributed by atoms with E-state index < -0.39 is 0 Å². The highest BCUT2D eigenvalue weighted by molar-refractivity contribution is 5.81. The Morgan fingerprint density at radius 1 is 0.926 bits per heavy atom. The highest BCUT2D eigenvalue weighted by Gasteiger charge is 2.26. The summed E-state index contributed by atoms with van der Waals surface area (Å²) in [5.41, 5.74) is 5.39. The van der Waals surface area contributed by atoms with Crippen LogP contribution >= 0.6 is 0 Å². The molecule has 0 radical (unpaired) electrons. The fourth-order valence-corrected chi connectivity index (χ4v) is 4.88. The Hall–Kier alpha value is -2.33. The zero-order chi connectivity index (χ0) is 18.1. The van der Waals surface area contributed by atoms with Crippen molar-refractivity contribution in [2.45, 2.75) is 63.1 Å². The van der Waals surface area contributed by atoms with Crippen LogP contribution in [0.5, 0.6) is 0 Å². The number of aromatic amines is 1. The van der Waals surface area contributed by atoms with Crippen molar-refractivity contribution in [1.29, 1.82) is 0 Å². The first-order chi connectivity index (χ1) is 13.3. The summed E-state index contributed by atoms with van der Waals surface area (Å²) in [7, 11) is 0. The van der Waals surface area contributed by atoms with Gasteiger partial charge in [-0.25, -0.2) is 0 Å². The highest BCUT2D eigenvalue weighted by Crippen LogP contribution is 2.32. The van der Waals surface area contributed by atoms with Crippen LogP contribution in [-0.2, 0) is 6.42 Å². The van der Waals surface area contributed by atoms with Gasteiger partial charge >= 0.3 is 0 Å². The summed E-state index contributed by atoms with van der Waals surface area (Å²) in [6, 6.07) is 17.2. The Bertz CT molecular complexity index is 907. The molecule has 2 aromatic carbocycles. The van der Waals surface area contributed by atoms with Gasteiger partial charge in [-0.2, -0.15) is 5.10 Å². The van der Waals surface area contributed by atoms with Crippen molar-refractivity contribution in [3.8, 4) is 0 Å². The van der Waals surface area contributed by atoms with Crippen molar-refractivity contribution in [3.05, 3.63) is 59.8 Å². The normalized spacial score (nSPS) is 25.3. The molecule has 3 N–H and O–H groups in total. The Morgan fingerprint density at radius 2 is 1.78 bits per heavy atom. The van der Waals surface area contributed by atoms with E-state index in [1.54, 1.807) is 5.56 Å². The van der Waals surface area contributed by atoms with Gasteiger partial charge in [0, 0.05) is 29.2 Å². The van der Waals surface area contributed by atoms with Crippen LogP contribution in [0.1, 0.15) is 55.7 Å². The first kappa shape index (κ1) is 16.8. The number of rotatable bonds is 4. The molecule has 1 saturated carbocycles. The van der Waals surface area contributed by atoms with E-state index in [0.717, 1.165) is 5.52 Å². The Labute approximate surface area is 160 Å². The summed E-state index contributed by atoms with van der Waals surface area (Å²) < 4.78 is 0. The second-order valence-corrected chi connectivity index (χ2v) is 8.18. The van der Waals surface area contributed by atoms with Gasteiger partial charge in [-0.15, -0.1) is 0 Å². The van der Waals surface area contributed by atoms with Gasteiger partial charge in [-0.05, 0) is 74.3 Å². The number of hydrogen-bond acceptors (Lipinski definition) is 3. The van der Waals surface area contributed by atoms with Gasteiger partial charge in [-0.1, -0.05) is 24.3 Å². The topological polar surface area (TPSA) is 52.7 Å². The number of nitrogens with one attached hydrogen (secondary N) is 3. The molecule has 1 fully saturated rings. The maximum absolute atomic E-state index is 4.11. The molecule has 4 heteroatoms. The third-order valence-electron chi connectivity index (χ3n) is 6.34. The number of benzene rings is 2. The molecular formula is C23H28N4. The lowest BCUT2D eigenvalue weighted by Crippen LogP contribution is -2.39. The Kier molecular flexibility index (Phi) is 4.58. The molecule has 2 aliphatic rings. The molecule has 0 saturated heterocycles. The minimum Gasteiger partial charge on any atom is -0.382 e. The van der Waals surface area contributed by atoms with Crippen LogP contribution in [0.15, 0.2) is 48.7 Å². The number of aromatic nitrogens is 2. The van der Waals surface area contributed by atoms with Crippen LogP contribution in [0.25, 0.3) is 10.9 Å². The predicted octanol–water partition coefficient (Wildman–Crippen LogP) is 4.95. The molecule has 0 aliphatic heterocycles. The first-order valence-corrected chi connectivity index (χ1v) is 10.4. The van der Waals surface area contributed by atoms with Crippen molar-refractivity contribution in [2.75, 3.05) is 5.32 Å². The molecule has 4 nitrogen and oxygen atoms in total. The minimum absolute atomic E-state index is 0.549. The van der Waals surface area contributed by atoms with Crippen molar-refractivity contribution in [3.63, 3.8) is 0 Å². The SMILES string of the molecule is c1ccc2c(c1)CCCC2NC1CCC(Nc2ccc3[nH]ncc3c2)CC1. The van der Waals surface area contributed by atoms with Crippen molar-refractivity contribution in [2.24, 2.45) is 0 Å². The van der Waals surface area contributed by atoms with Crippen LogP contribution in [0, 0.1) is 0 Å².